The first kappa shape index (κ1) is 15.1. The number of hydrogen-bond donors (Lipinski definition) is 3. The lowest BCUT2D eigenvalue weighted by molar-refractivity contribution is 0.0951. The molecule has 21 heavy (non-hydrogen) atoms. The Balaban J connectivity index is 1.90. The van der Waals surface area contributed by atoms with Gasteiger partial charge in [0.2, 0.25) is 0 Å². The summed E-state index contributed by atoms with van der Waals surface area (Å²) in [5.74, 6) is -0.114. The normalized spacial score (nSPS) is 10.1. The van der Waals surface area contributed by atoms with Crippen molar-refractivity contribution in [3.63, 3.8) is 0 Å². The van der Waals surface area contributed by atoms with E-state index in [1.807, 2.05) is 18.4 Å². The lowest BCUT2D eigenvalue weighted by Crippen LogP contribution is -2.28. The molecule has 0 atom stereocenters. The quantitative estimate of drug-likeness (QED) is 0.790. The van der Waals surface area contributed by atoms with Crippen LogP contribution >= 0.6 is 11.3 Å². The van der Waals surface area contributed by atoms with Crippen molar-refractivity contribution in [2.24, 2.45) is 5.73 Å². The zero-order chi connectivity index (χ0) is 15.2. The van der Waals surface area contributed by atoms with Gasteiger partial charge in [0, 0.05) is 17.0 Å². The zero-order valence-electron chi connectivity index (χ0n) is 11.7. The zero-order valence-corrected chi connectivity index (χ0v) is 12.5. The maximum atomic E-state index is 12.0. The van der Waals surface area contributed by atoms with Crippen LogP contribution in [0.1, 0.15) is 26.4 Å². The maximum Gasteiger partial charge on any atom is 0.312 e. The Labute approximate surface area is 127 Å². The Kier molecular flexibility index (Phi) is 4.94. The Morgan fingerprint density at radius 3 is 2.38 bits per heavy atom. The van der Waals surface area contributed by atoms with Gasteiger partial charge in [-0.15, -0.1) is 11.3 Å². The number of aryl methyl sites for hydroxylation is 1. The summed E-state index contributed by atoms with van der Waals surface area (Å²) in [6.45, 7) is 2.91. The molecule has 0 radical (unpaired) electrons. The number of nitrogens with one attached hydrogen (secondary N) is 2. The second-order valence-electron chi connectivity index (χ2n) is 4.62. The third-order valence-electron chi connectivity index (χ3n) is 3.06. The number of nitrogens with two attached hydrogens (primary N) is 1. The monoisotopic (exact) mass is 303 g/mol. The fourth-order valence-corrected chi connectivity index (χ4v) is 2.66. The summed E-state index contributed by atoms with van der Waals surface area (Å²) in [6, 6.07) is 8.52. The second kappa shape index (κ2) is 6.90. The van der Waals surface area contributed by atoms with Crippen molar-refractivity contribution in [3.05, 3.63) is 57.3 Å². The summed E-state index contributed by atoms with van der Waals surface area (Å²) in [6.07, 6.45) is 0. The van der Waals surface area contributed by atoms with Crippen molar-refractivity contribution in [1.82, 2.24) is 10.6 Å². The SMILES string of the molecule is Cc1ccsc1CNC(=O)c1ccc(CNC(N)=O)cc1. The van der Waals surface area contributed by atoms with Crippen LogP contribution in [0.5, 0.6) is 0 Å². The van der Waals surface area contributed by atoms with Gasteiger partial charge in [0.05, 0.1) is 6.54 Å². The van der Waals surface area contributed by atoms with Crippen molar-refractivity contribution in [2.45, 2.75) is 20.0 Å². The Morgan fingerprint density at radius 2 is 1.81 bits per heavy atom. The number of hydrogen-bond acceptors (Lipinski definition) is 3. The summed E-state index contributed by atoms with van der Waals surface area (Å²) < 4.78 is 0. The van der Waals surface area contributed by atoms with E-state index < -0.39 is 6.03 Å². The molecule has 0 saturated carbocycles. The molecule has 1 heterocycles. The number of urea groups is 1. The van der Waals surface area contributed by atoms with Crippen LogP contribution in [-0.4, -0.2) is 11.9 Å². The van der Waals surface area contributed by atoms with Crippen LogP contribution in [0, 0.1) is 6.92 Å². The fourth-order valence-electron chi connectivity index (χ4n) is 1.81. The van der Waals surface area contributed by atoms with Gasteiger partial charge in [0.25, 0.3) is 5.91 Å². The first-order chi connectivity index (χ1) is 10.1. The van der Waals surface area contributed by atoms with E-state index in [0.717, 1.165) is 10.4 Å². The second-order valence-corrected chi connectivity index (χ2v) is 5.62. The molecule has 0 aliphatic carbocycles. The molecule has 4 N–H and O–H groups in total. The smallest absolute Gasteiger partial charge is 0.312 e. The average molecular weight is 303 g/mol. The van der Waals surface area contributed by atoms with E-state index in [4.69, 9.17) is 5.73 Å². The van der Waals surface area contributed by atoms with Crippen molar-refractivity contribution in [1.29, 1.82) is 0 Å². The van der Waals surface area contributed by atoms with Crippen LogP contribution in [-0.2, 0) is 13.1 Å². The Hall–Kier alpha value is -2.34. The molecule has 6 heteroatoms. The molecule has 5 nitrogen and oxygen atoms in total. The van der Waals surface area contributed by atoms with E-state index in [2.05, 4.69) is 10.6 Å². The first-order valence-corrected chi connectivity index (χ1v) is 7.37. The molecule has 2 rings (SSSR count). The van der Waals surface area contributed by atoms with Crippen LogP contribution in [0.2, 0.25) is 0 Å². The molecule has 3 amide bonds. The van der Waals surface area contributed by atoms with E-state index >= 15 is 0 Å². The molecule has 2 aromatic rings. The van der Waals surface area contributed by atoms with Gasteiger partial charge in [-0.1, -0.05) is 12.1 Å². The lowest BCUT2D eigenvalue weighted by Gasteiger charge is -2.06. The number of thiophene rings is 1. The van der Waals surface area contributed by atoms with Gasteiger partial charge in [0.1, 0.15) is 0 Å². The lowest BCUT2D eigenvalue weighted by atomic mass is 10.1. The molecular formula is C15H17N3O2S. The summed E-state index contributed by atoms with van der Waals surface area (Å²) in [5.41, 5.74) is 7.67. The fraction of sp³-hybridized carbons (Fsp3) is 0.200. The third-order valence-corrected chi connectivity index (χ3v) is 4.08. The highest BCUT2D eigenvalue weighted by Gasteiger charge is 2.07. The molecule has 1 aromatic heterocycles. The van der Waals surface area contributed by atoms with Gasteiger partial charge in [0.15, 0.2) is 0 Å². The van der Waals surface area contributed by atoms with E-state index in [0.29, 0.717) is 18.7 Å². The van der Waals surface area contributed by atoms with Gasteiger partial charge in [-0.05, 0) is 41.6 Å². The number of amides is 3. The standard InChI is InChI=1S/C15H17N3O2S/c1-10-6-7-21-13(10)9-17-14(19)12-4-2-11(3-5-12)8-18-15(16)20/h2-7H,8-9H2,1H3,(H,17,19)(H3,16,18,20). The molecule has 110 valence electrons. The molecule has 0 unspecified atom stereocenters. The van der Waals surface area contributed by atoms with Crippen molar-refractivity contribution in [3.8, 4) is 0 Å². The first-order valence-electron chi connectivity index (χ1n) is 6.49. The van der Waals surface area contributed by atoms with Crippen LogP contribution in [0.25, 0.3) is 0 Å². The summed E-state index contributed by atoms with van der Waals surface area (Å²) in [7, 11) is 0. The molecule has 0 fully saturated rings. The van der Waals surface area contributed by atoms with Gasteiger partial charge in [-0.25, -0.2) is 4.79 Å². The van der Waals surface area contributed by atoms with Gasteiger partial charge >= 0.3 is 6.03 Å². The van der Waals surface area contributed by atoms with Gasteiger partial charge < -0.3 is 16.4 Å². The summed E-state index contributed by atoms with van der Waals surface area (Å²) in [4.78, 5) is 23.8. The molecule has 0 spiro atoms. The third kappa shape index (κ3) is 4.32. The van der Waals surface area contributed by atoms with E-state index in [1.165, 1.54) is 5.56 Å². The molecule has 0 bridgehead atoms. The maximum absolute atomic E-state index is 12.0. The predicted molar refractivity (Wildman–Crippen MR) is 83.1 cm³/mol. The highest BCUT2D eigenvalue weighted by Crippen LogP contribution is 2.15. The minimum atomic E-state index is -0.567. The minimum absolute atomic E-state index is 0.114. The van der Waals surface area contributed by atoms with Crippen molar-refractivity contribution >= 4 is 23.3 Å². The predicted octanol–water partition coefficient (Wildman–Crippen LogP) is 2.15. The van der Waals surface area contributed by atoms with Crippen molar-refractivity contribution in [2.75, 3.05) is 0 Å². The largest absolute Gasteiger partial charge is 0.352 e. The Bertz CT molecular complexity index is 635. The Morgan fingerprint density at radius 1 is 1.10 bits per heavy atom. The topological polar surface area (TPSA) is 84.2 Å². The van der Waals surface area contributed by atoms with Crippen molar-refractivity contribution < 1.29 is 9.59 Å². The summed E-state index contributed by atoms with van der Waals surface area (Å²) in [5, 5.41) is 7.40. The average Bonchev–Trinajstić information content (AvgIpc) is 2.88. The van der Waals surface area contributed by atoms with Crippen LogP contribution in [0.4, 0.5) is 4.79 Å². The van der Waals surface area contributed by atoms with E-state index in [-0.39, 0.29) is 5.91 Å². The highest BCUT2D eigenvalue weighted by atomic mass is 32.1. The molecule has 0 aliphatic heterocycles. The van der Waals surface area contributed by atoms with Crippen LogP contribution in [0.3, 0.4) is 0 Å². The van der Waals surface area contributed by atoms with E-state index in [1.54, 1.807) is 35.6 Å². The molecule has 0 aliphatic rings. The van der Waals surface area contributed by atoms with Crippen LogP contribution < -0.4 is 16.4 Å². The molecular weight excluding hydrogens is 286 g/mol. The van der Waals surface area contributed by atoms with Crippen LogP contribution in [0.15, 0.2) is 35.7 Å². The van der Waals surface area contributed by atoms with Gasteiger partial charge in [-0.3, -0.25) is 4.79 Å². The number of primary amides is 1. The number of benzene rings is 1. The number of carbonyl (C=O) groups excluding carboxylic acids is 2. The summed E-state index contributed by atoms with van der Waals surface area (Å²) >= 11 is 1.63. The minimum Gasteiger partial charge on any atom is -0.352 e. The van der Waals surface area contributed by atoms with Gasteiger partial charge in [-0.2, -0.15) is 0 Å². The van der Waals surface area contributed by atoms with E-state index in [9.17, 15) is 9.59 Å². The number of carbonyl (C=O) groups is 2. The molecule has 0 saturated heterocycles. The molecule has 1 aromatic carbocycles. The number of rotatable bonds is 5. The highest BCUT2D eigenvalue weighted by molar-refractivity contribution is 7.10.